The van der Waals surface area contributed by atoms with Crippen molar-refractivity contribution < 1.29 is 28.7 Å². The van der Waals surface area contributed by atoms with Crippen molar-refractivity contribution in [2.75, 3.05) is 45.6 Å². The van der Waals surface area contributed by atoms with Gasteiger partial charge in [0.2, 0.25) is 17.7 Å². The van der Waals surface area contributed by atoms with Gasteiger partial charge in [0.15, 0.2) is 0 Å². The largest absolute Gasteiger partial charge is 0.445 e. The molecule has 0 radical (unpaired) electrons. The van der Waals surface area contributed by atoms with Crippen LogP contribution in [0.15, 0.2) is 24.3 Å². The molecule has 14 nitrogen and oxygen atoms in total. The summed E-state index contributed by atoms with van der Waals surface area (Å²) >= 11 is 0. The highest BCUT2D eigenvalue weighted by atomic mass is 16.6. The van der Waals surface area contributed by atoms with Crippen molar-refractivity contribution in [3.63, 3.8) is 0 Å². The molecular formula is C33H58N8O6. The SMILES string of the molecule is CC(C)C(NC(=O)CCCCCN)C(=O)N[C@@H](CCCNC(N)=O)C(=O)Nc1ccc(COC(=O)N(C)CCN(C)C(C)(C)C)cc1. The molecule has 0 aromatic heterocycles. The number of ether oxygens (including phenoxy) is 1. The molecule has 0 heterocycles. The van der Waals surface area contributed by atoms with E-state index in [0.717, 1.165) is 18.4 Å². The second-order valence-electron chi connectivity index (χ2n) is 13.1. The summed E-state index contributed by atoms with van der Waals surface area (Å²) in [7, 11) is 3.70. The molecule has 0 aliphatic carbocycles. The first-order valence-corrected chi connectivity index (χ1v) is 16.4. The number of hydrogen-bond donors (Lipinski definition) is 6. The van der Waals surface area contributed by atoms with E-state index in [1.165, 1.54) is 4.90 Å². The number of anilines is 1. The predicted octanol–water partition coefficient (Wildman–Crippen LogP) is 2.52. The molecule has 1 unspecified atom stereocenters. The number of unbranched alkanes of at least 4 members (excludes halogenated alkanes) is 2. The molecule has 1 rings (SSSR count). The molecule has 6 amide bonds. The van der Waals surface area contributed by atoms with E-state index >= 15 is 0 Å². The lowest BCUT2D eigenvalue weighted by molar-refractivity contribution is -0.132. The van der Waals surface area contributed by atoms with Crippen LogP contribution >= 0.6 is 0 Å². The third kappa shape index (κ3) is 17.0. The van der Waals surface area contributed by atoms with E-state index in [0.29, 0.717) is 38.2 Å². The Balaban J connectivity index is 2.82. The first kappa shape index (κ1) is 41.1. The minimum atomic E-state index is -0.951. The molecule has 0 saturated carbocycles. The van der Waals surface area contributed by atoms with Gasteiger partial charge >= 0.3 is 12.1 Å². The molecule has 0 aliphatic heterocycles. The molecule has 1 aromatic rings. The Labute approximate surface area is 280 Å². The molecule has 0 bridgehead atoms. The van der Waals surface area contributed by atoms with Crippen LogP contribution in [0.5, 0.6) is 0 Å². The maximum atomic E-state index is 13.3. The third-order valence-electron chi connectivity index (χ3n) is 7.79. The van der Waals surface area contributed by atoms with Gasteiger partial charge in [0.05, 0.1) is 0 Å². The van der Waals surface area contributed by atoms with Crippen molar-refractivity contribution in [3.8, 4) is 0 Å². The highest BCUT2D eigenvalue weighted by Gasteiger charge is 2.29. The molecular weight excluding hydrogens is 604 g/mol. The van der Waals surface area contributed by atoms with Crippen LogP contribution in [0.2, 0.25) is 0 Å². The van der Waals surface area contributed by atoms with E-state index in [1.54, 1.807) is 31.3 Å². The Morgan fingerprint density at radius 3 is 2.13 bits per heavy atom. The van der Waals surface area contributed by atoms with E-state index in [1.807, 2.05) is 20.9 Å². The topological polar surface area (TPSA) is 201 Å². The molecule has 2 atom stereocenters. The lowest BCUT2D eigenvalue weighted by Gasteiger charge is -2.33. The number of nitrogens with zero attached hydrogens (tertiary/aromatic N) is 2. The number of carbonyl (C=O) groups excluding carboxylic acids is 5. The lowest BCUT2D eigenvalue weighted by Crippen LogP contribution is -2.54. The average Bonchev–Trinajstić information content (AvgIpc) is 3.00. The summed E-state index contributed by atoms with van der Waals surface area (Å²) in [6.45, 7) is 12.0. The van der Waals surface area contributed by atoms with Crippen molar-refractivity contribution in [2.24, 2.45) is 17.4 Å². The molecule has 1 aromatic carbocycles. The number of primary amides is 1. The number of urea groups is 1. The minimum absolute atomic E-state index is 0.00590. The van der Waals surface area contributed by atoms with E-state index in [4.69, 9.17) is 16.2 Å². The smallest absolute Gasteiger partial charge is 0.409 e. The van der Waals surface area contributed by atoms with Gasteiger partial charge < -0.3 is 42.4 Å². The summed E-state index contributed by atoms with van der Waals surface area (Å²) in [4.78, 5) is 66.4. The van der Waals surface area contributed by atoms with Crippen LogP contribution in [0.25, 0.3) is 0 Å². The fraction of sp³-hybridized carbons (Fsp3) is 0.667. The zero-order valence-corrected chi connectivity index (χ0v) is 29.3. The van der Waals surface area contributed by atoms with Crippen LogP contribution in [-0.4, -0.2) is 97.5 Å². The van der Waals surface area contributed by atoms with Gasteiger partial charge in [0, 0.05) is 44.3 Å². The Morgan fingerprint density at radius 1 is 0.894 bits per heavy atom. The van der Waals surface area contributed by atoms with Crippen molar-refractivity contribution >= 4 is 35.5 Å². The fourth-order valence-electron chi connectivity index (χ4n) is 4.33. The molecule has 0 fully saturated rings. The van der Waals surface area contributed by atoms with E-state index < -0.39 is 36.0 Å². The van der Waals surface area contributed by atoms with Crippen molar-refractivity contribution in [1.82, 2.24) is 25.8 Å². The van der Waals surface area contributed by atoms with Crippen molar-refractivity contribution in [1.29, 1.82) is 0 Å². The number of hydrogen-bond acceptors (Lipinski definition) is 8. The first-order valence-electron chi connectivity index (χ1n) is 16.4. The van der Waals surface area contributed by atoms with Gasteiger partial charge in [-0.05, 0) is 83.7 Å². The lowest BCUT2D eigenvalue weighted by atomic mass is 10.0. The highest BCUT2D eigenvalue weighted by molar-refractivity contribution is 5.98. The highest BCUT2D eigenvalue weighted by Crippen LogP contribution is 2.14. The number of nitrogens with two attached hydrogens (primary N) is 2. The molecule has 266 valence electrons. The van der Waals surface area contributed by atoms with Crippen LogP contribution in [0.3, 0.4) is 0 Å². The van der Waals surface area contributed by atoms with Crippen LogP contribution in [0.4, 0.5) is 15.3 Å². The molecule has 14 heteroatoms. The van der Waals surface area contributed by atoms with Crippen molar-refractivity contribution in [2.45, 2.75) is 97.4 Å². The van der Waals surface area contributed by atoms with Gasteiger partial charge in [-0.3, -0.25) is 19.3 Å². The van der Waals surface area contributed by atoms with Gasteiger partial charge in [-0.25, -0.2) is 9.59 Å². The number of nitrogens with one attached hydrogen (secondary N) is 4. The predicted molar refractivity (Wildman–Crippen MR) is 183 cm³/mol. The first-order chi connectivity index (χ1) is 22.0. The van der Waals surface area contributed by atoms with Gasteiger partial charge in [0.1, 0.15) is 18.7 Å². The third-order valence-corrected chi connectivity index (χ3v) is 7.79. The van der Waals surface area contributed by atoms with Gasteiger partial charge in [-0.15, -0.1) is 0 Å². The van der Waals surface area contributed by atoms with Crippen LogP contribution in [0.1, 0.15) is 78.7 Å². The number of likely N-dealkylation sites (N-methyl/N-ethyl adjacent to an activating group) is 2. The summed E-state index contributed by atoms with van der Waals surface area (Å²) in [6.07, 6.45) is 2.74. The van der Waals surface area contributed by atoms with Crippen molar-refractivity contribution in [3.05, 3.63) is 29.8 Å². The molecule has 0 spiro atoms. The quantitative estimate of drug-likeness (QED) is 0.114. The normalized spacial score (nSPS) is 12.6. The minimum Gasteiger partial charge on any atom is -0.445 e. The van der Waals surface area contributed by atoms with E-state index in [2.05, 4.69) is 46.9 Å². The zero-order valence-electron chi connectivity index (χ0n) is 29.3. The van der Waals surface area contributed by atoms with Crippen LogP contribution < -0.4 is 32.7 Å². The summed E-state index contributed by atoms with van der Waals surface area (Å²) in [6, 6.07) is 4.35. The zero-order chi connectivity index (χ0) is 35.6. The van der Waals surface area contributed by atoms with Gasteiger partial charge in [0.25, 0.3) is 0 Å². The Hall–Kier alpha value is -3.91. The molecule has 47 heavy (non-hydrogen) atoms. The van der Waals surface area contributed by atoms with Crippen LogP contribution in [-0.2, 0) is 25.7 Å². The average molecular weight is 663 g/mol. The second kappa shape index (κ2) is 21.1. The summed E-state index contributed by atoms with van der Waals surface area (Å²) in [5.74, 6) is -1.41. The second-order valence-corrected chi connectivity index (χ2v) is 13.1. The van der Waals surface area contributed by atoms with Crippen LogP contribution in [0, 0.1) is 5.92 Å². The maximum absolute atomic E-state index is 13.3. The molecule has 8 N–H and O–H groups in total. The van der Waals surface area contributed by atoms with E-state index in [-0.39, 0.29) is 43.4 Å². The Morgan fingerprint density at radius 2 is 1.55 bits per heavy atom. The summed E-state index contributed by atoms with van der Waals surface area (Å²) in [5, 5.41) is 10.9. The molecule has 0 aliphatic rings. The summed E-state index contributed by atoms with van der Waals surface area (Å²) in [5.41, 5.74) is 11.9. The monoisotopic (exact) mass is 662 g/mol. The summed E-state index contributed by atoms with van der Waals surface area (Å²) < 4.78 is 5.44. The molecule has 0 saturated heterocycles. The number of benzene rings is 1. The van der Waals surface area contributed by atoms with Gasteiger partial charge in [-0.1, -0.05) is 32.4 Å². The standard InChI is InChI=1S/C33H58N8O6/c1-23(2)28(39-27(42)13-9-8-10-18-34)30(44)38-26(12-11-19-36-31(35)45)29(43)37-25-16-14-24(15-17-25)22-47-32(46)40(6)20-21-41(7)33(3,4)5/h14-17,23,26,28H,8-13,18-22,34H2,1-7H3,(H,37,43)(H,38,44)(H,39,42)(H3,35,36,45)/t26-,28?/m0/s1. The number of carbonyl (C=O) groups is 5. The Kier molecular flexibility index (Phi) is 18.4. The maximum Gasteiger partial charge on any atom is 0.409 e. The number of amides is 6. The fourth-order valence-corrected chi connectivity index (χ4v) is 4.33. The van der Waals surface area contributed by atoms with E-state index in [9.17, 15) is 24.0 Å². The number of rotatable bonds is 20. The Bertz CT molecular complexity index is 1140. The van der Waals surface area contributed by atoms with Gasteiger partial charge in [-0.2, -0.15) is 0 Å².